The molecule has 1 aromatic carbocycles. The van der Waals surface area contributed by atoms with Crippen LogP contribution in [0.1, 0.15) is 6.92 Å². The molecule has 1 N–H and O–H groups in total. The van der Waals surface area contributed by atoms with Gasteiger partial charge in [-0.3, -0.25) is 9.69 Å². The van der Waals surface area contributed by atoms with Crippen molar-refractivity contribution in [3.63, 3.8) is 0 Å². The third-order valence-corrected chi connectivity index (χ3v) is 2.88. The zero-order chi connectivity index (χ0) is 11.7. The summed E-state index contributed by atoms with van der Waals surface area (Å²) in [5.74, 6) is 1.02. The molecule has 0 fully saturated rings. The van der Waals surface area contributed by atoms with Gasteiger partial charge in [0.2, 0.25) is 0 Å². The van der Waals surface area contributed by atoms with Crippen molar-refractivity contribution in [2.24, 2.45) is 0 Å². The highest BCUT2D eigenvalue weighted by molar-refractivity contribution is 7.80. The van der Waals surface area contributed by atoms with Crippen LogP contribution in [-0.4, -0.2) is 24.9 Å². The van der Waals surface area contributed by atoms with E-state index in [2.05, 4.69) is 17.9 Å². The minimum Gasteiger partial charge on any atom is -0.479 e. The maximum Gasteiger partial charge on any atom is 0.268 e. The van der Waals surface area contributed by atoms with Crippen LogP contribution in [0.15, 0.2) is 18.2 Å². The van der Waals surface area contributed by atoms with E-state index in [9.17, 15) is 4.79 Å². The summed E-state index contributed by atoms with van der Waals surface area (Å²) in [7, 11) is 1.83. The van der Waals surface area contributed by atoms with Crippen LogP contribution >= 0.6 is 12.6 Å². The molecule has 0 bridgehead atoms. The molecule has 0 aromatic heterocycles. The topological polar surface area (TPSA) is 41.6 Å². The number of ether oxygens (including phenoxy) is 1. The number of carbonyl (C=O) groups is 1. The number of carbonyl (C=O) groups excluding carboxylic acids is 1. The van der Waals surface area contributed by atoms with Crippen LogP contribution in [0.2, 0.25) is 0 Å². The van der Waals surface area contributed by atoms with Crippen LogP contribution in [0.25, 0.3) is 0 Å². The molecule has 86 valence electrons. The fourth-order valence-electron chi connectivity index (χ4n) is 1.71. The van der Waals surface area contributed by atoms with Gasteiger partial charge in [-0.2, -0.15) is 12.6 Å². The average Bonchev–Trinajstić information content (AvgIpc) is 2.30. The molecule has 1 amide bonds. The molecule has 2 rings (SSSR count). The normalized spacial score (nSPS) is 19.1. The molecule has 1 aliphatic rings. The maximum absolute atomic E-state index is 11.9. The molecule has 1 aromatic rings. The number of anilines is 2. The first-order valence-corrected chi connectivity index (χ1v) is 5.71. The molecule has 0 saturated carbocycles. The Balaban J connectivity index is 2.48. The summed E-state index contributed by atoms with van der Waals surface area (Å²) >= 11 is 4.18. The number of rotatable bonds is 2. The third-order valence-electron chi connectivity index (χ3n) is 2.60. The van der Waals surface area contributed by atoms with Crippen molar-refractivity contribution in [3.05, 3.63) is 18.2 Å². The Bertz CT molecular complexity index is 422. The van der Waals surface area contributed by atoms with E-state index >= 15 is 0 Å². The Hall–Kier alpha value is -1.36. The standard InChI is InChI=1S/C11H14N2O2S/c1-7-11(14)13(6-16)9-5-8(12-2)3-4-10(9)15-7/h3-5,7,12,16H,6H2,1-2H3. The Labute approximate surface area is 100.0 Å². The summed E-state index contributed by atoms with van der Waals surface area (Å²) in [4.78, 5) is 13.5. The van der Waals surface area contributed by atoms with Gasteiger partial charge in [0.25, 0.3) is 5.91 Å². The number of nitrogens with zero attached hydrogens (tertiary/aromatic N) is 1. The fraction of sp³-hybridized carbons (Fsp3) is 0.364. The molecule has 1 heterocycles. The average molecular weight is 238 g/mol. The molecule has 4 nitrogen and oxygen atoms in total. The summed E-state index contributed by atoms with van der Waals surface area (Å²) in [6.07, 6.45) is -0.444. The first-order valence-electron chi connectivity index (χ1n) is 5.08. The predicted octanol–water partition coefficient (Wildman–Crippen LogP) is 1.73. The van der Waals surface area contributed by atoms with Gasteiger partial charge in [-0.1, -0.05) is 0 Å². The molecule has 0 saturated heterocycles. The lowest BCUT2D eigenvalue weighted by molar-refractivity contribution is -0.125. The number of nitrogens with one attached hydrogen (secondary N) is 1. The van der Waals surface area contributed by atoms with E-state index in [1.54, 1.807) is 11.8 Å². The van der Waals surface area contributed by atoms with Crippen molar-refractivity contribution >= 4 is 29.9 Å². The zero-order valence-electron chi connectivity index (χ0n) is 9.23. The maximum atomic E-state index is 11.9. The summed E-state index contributed by atoms with van der Waals surface area (Å²) in [5, 5.41) is 3.03. The van der Waals surface area contributed by atoms with Gasteiger partial charge in [0.05, 0.1) is 11.6 Å². The smallest absolute Gasteiger partial charge is 0.268 e. The molecular weight excluding hydrogens is 224 g/mol. The second kappa shape index (κ2) is 4.25. The highest BCUT2D eigenvalue weighted by atomic mass is 32.1. The lowest BCUT2D eigenvalue weighted by Crippen LogP contribution is -2.43. The van der Waals surface area contributed by atoms with E-state index in [-0.39, 0.29) is 5.91 Å². The second-order valence-corrected chi connectivity index (χ2v) is 3.88. The minimum absolute atomic E-state index is 0.0595. The summed E-state index contributed by atoms with van der Waals surface area (Å²) in [5.41, 5.74) is 1.71. The number of thiol groups is 1. The molecule has 1 aliphatic heterocycles. The Morgan fingerprint density at radius 2 is 2.31 bits per heavy atom. The van der Waals surface area contributed by atoms with Crippen molar-refractivity contribution in [2.75, 3.05) is 23.1 Å². The van der Waals surface area contributed by atoms with Crippen LogP contribution in [0, 0.1) is 0 Å². The van der Waals surface area contributed by atoms with Crippen LogP contribution in [-0.2, 0) is 4.79 Å². The van der Waals surface area contributed by atoms with Gasteiger partial charge in [0.15, 0.2) is 6.10 Å². The van der Waals surface area contributed by atoms with Crippen LogP contribution in [0.4, 0.5) is 11.4 Å². The quantitative estimate of drug-likeness (QED) is 0.771. The summed E-state index contributed by atoms with van der Waals surface area (Å²) in [6, 6.07) is 5.66. The molecule has 0 aliphatic carbocycles. The highest BCUT2D eigenvalue weighted by Crippen LogP contribution is 2.36. The number of benzene rings is 1. The number of fused-ring (bicyclic) bond motifs is 1. The van der Waals surface area contributed by atoms with Crippen LogP contribution in [0.5, 0.6) is 5.75 Å². The van der Waals surface area contributed by atoms with Gasteiger partial charge < -0.3 is 10.1 Å². The lowest BCUT2D eigenvalue weighted by atomic mass is 10.2. The SMILES string of the molecule is CNc1ccc2c(c1)N(CS)C(=O)C(C)O2. The van der Waals surface area contributed by atoms with Crippen molar-refractivity contribution in [1.82, 2.24) is 0 Å². The molecule has 0 radical (unpaired) electrons. The number of amides is 1. The van der Waals surface area contributed by atoms with Crippen molar-refractivity contribution < 1.29 is 9.53 Å². The summed E-state index contributed by atoms with van der Waals surface area (Å²) < 4.78 is 5.52. The zero-order valence-corrected chi connectivity index (χ0v) is 10.1. The van der Waals surface area contributed by atoms with E-state index in [0.29, 0.717) is 5.88 Å². The summed E-state index contributed by atoms with van der Waals surface area (Å²) in [6.45, 7) is 1.74. The van der Waals surface area contributed by atoms with E-state index in [1.807, 2.05) is 25.2 Å². The predicted molar refractivity (Wildman–Crippen MR) is 67.4 cm³/mol. The fourth-order valence-corrected chi connectivity index (χ4v) is 2.00. The molecular formula is C11H14N2O2S. The number of hydrogen-bond donors (Lipinski definition) is 2. The van der Waals surface area contributed by atoms with Gasteiger partial charge in [-0.15, -0.1) is 0 Å². The first kappa shape index (κ1) is 11.1. The first-order chi connectivity index (χ1) is 7.67. The Kier molecular flexibility index (Phi) is 2.96. The lowest BCUT2D eigenvalue weighted by Gasteiger charge is -2.32. The van der Waals surface area contributed by atoms with E-state index in [1.165, 1.54) is 0 Å². The van der Waals surface area contributed by atoms with Gasteiger partial charge in [0, 0.05) is 12.7 Å². The van der Waals surface area contributed by atoms with Gasteiger partial charge in [-0.05, 0) is 25.1 Å². The van der Waals surface area contributed by atoms with Crippen molar-refractivity contribution in [1.29, 1.82) is 0 Å². The van der Waals surface area contributed by atoms with Crippen LogP contribution in [0.3, 0.4) is 0 Å². The van der Waals surface area contributed by atoms with Crippen molar-refractivity contribution in [2.45, 2.75) is 13.0 Å². The molecule has 5 heteroatoms. The van der Waals surface area contributed by atoms with E-state index in [4.69, 9.17) is 4.74 Å². The third kappa shape index (κ3) is 1.71. The molecule has 0 spiro atoms. The van der Waals surface area contributed by atoms with E-state index in [0.717, 1.165) is 17.1 Å². The van der Waals surface area contributed by atoms with Gasteiger partial charge >= 0.3 is 0 Å². The minimum atomic E-state index is -0.444. The molecule has 1 unspecified atom stereocenters. The molecule has 1 atom stereocenters. The van der Waals surface area contributed by atoms with Gasteiger partial charge in [0.1, 0.15) is 5.75 Å². The second-order valence-electron chi connectivity index (χ2n) is 3.60. The highest BCUT2D eigenvalue weighted by Gasteiger charge is 2.30. The number of hydrogen-bond acceptors (Lipinski definition) is 4. The molecule has 16 heavy (non-hydrogen) atoms. The van der Waals surface area contributed by atoms with Gasteiger partial charge in [-0.25, -0.2) is 0 Å². The Morgan fingerprint density at radius 1 is 1.56 bits per heavy atom. The monoisotopic (exact) mass is 238 g/mol. The Morgan fingerprint density at radius 3 is 2.94 bits per heavy atom. The van der Waals surface area contributed by atoms with Crippen LogP contribution < -0.4 is 15.0 Å². The largest absolute Gasteiger partial charge is 0.479 e. The van der Waals surface area contributed by atoms with Crippen molar-refractivity contribution in [3.8, 4) is 5.75 Å². The van der Waals surface area contributed by atoms with E-state index < -0.39 is 6.10 Å².